The summed E-state index contributed by atoms with van der Waals surface area (Å²) in [5, 5.41) is 19.5. The minimum atomic E-state index is -0.557. The van der Waals surface area contributed by atoms with Crippen molar-refractivity contribution in [3.8, 4) is 23.1 Å². The number of methoxy groups -OCH3 is 3. The van der Waals surface area contributed by atoms with E-state index in [1.807, 2.05) is 13.8 Å². The molecular formula is C20H28N9O5+. The molecule has 1 amide bonds. The fraction of sp³-hybridized carbons (Fsp3) is 0.400. The first-order valence-electron chi connectivity index (χ1n) is 10.5. The van der Waals surface area contributed by atoms with Gasteiger partial charge in [-0.1, -0.05) is 5.21 Å². The Morgan fingerprint density at radius 3 is 2.41 bits per heavy atom. The van der Waals surface area contributed by atoms with E-state index in [0.717, 1.165) is 13.1 Å². The summed E-state index contributed by atoms with van der Waals surface area (Å²) in [4.78, 5) is 14.1. The molecule has 34 heavy (non-hydrogen) atoms. The number of nitrogens with zero attached hydrogens (tertiary/aromatic N) is 6. The Kier molecular flexibility index (Phi) is 7.97. The van der Waals surface area contributed by atoms with Crippen molar-refractivity contribution in [3.05, 3.63) is 29.1 Å². The van der Waals surface area contributed by atoms with Gasteiger partial charge in [-0.05, 0) is 30.2 Å². The lowest BCUT2D eigenvalue weighted by molar-refractivity contribution is -0.910. The highest BCUT2D eigenvalue weighted by Crippen LogP contribution is 2.33. The van der Waals surface area contributed by atoms with Gasteiger partial charge in [0.25, 0.3) is 5.91 Å². The fourth-order valence-corrected chi connectivity index (χ4v) is 3.25. The molecule has 0 unspecified atom stereocenters. The Hall–Kier alpha value is -4.20. The molecule has 0 fully saturated rings. The number of aromatic nitrogens is 5. The lowest BCUT2D eigenvalue weighted by Crippen LogP contribution is -3.10. The van der Waals surface area contributed by atoms with Crippen LogP contribution in [-0.2, 0) is 6.54 Å². The number of benzene rings is 1. The van der Waals surface area contributed by atoms with Gasteiger partial charge in [0.1, 0.15) is 18.0 Å². The number of nitrogens with one attached hydrogen (secondary N) is 2. The van der Waals surface area contributed by atoms with E-state index < -0.39 is 5.91 Å². The normalized spacial score (nSPS) is 11.2. The maximum absolute atomic E-state index is 12.9. The third-order valence-corrected chi connectivity index (χ3v) is 5.20. The highest BCUT2D eigenvalue weighted by Gasteiger charge is 2.26. The van der Waals surface area contributed by atoms with Crippen LogP contribution in [0.3, 0.4) is 0 Å². The smallest absolute Gasteiger partial charge is 0.294 e. The Morgan fingerprint density at radius 1 is 1.15 bits per heavy atom. The molecule has 0 bridgehead atoms. The zero-order chi connectivity index (χ0) is 24.7. The number of rotatable bonds is 11. The molecular weight excluding hydrogens is 446 g/mol. The molecule has 3 aromatic rings. The molecule has 0 spiro atoms. The summed E-state index contributed by atoms with van der Waals surface area (Å²) in [5.74, 6) is 1.11. The van der Waals surface area contributed by atoms with E-state index in [9.17, 15) is 4.79 Å². The molecule has 2 aromatic heterocycles. The first kappa shape index (κ1) is 24.4. The second-order valence-electron chi connectivity index (χ2n) is 7.05. The van der Waals surface area contributed by atoms with Gasteiger partial charge < -0.3 is 24.8 Å². The predicted octanol–water partition coefficient (Wildman–Crippen LogP) is -0.553. The molecule has 1 aromatic carbocycles. The van der Waals surface area contributed by atoms with E-state index in [-0.39, 0.29) is 17.3 Å². The Balaban J connectivity index is 1.88. The molecule has 14 heteroatoms. The monoisotopic (exact) mass is 474 g/mol. The maximum atomic E-state index is 12.9. The summed E-state index contributed by atoms with van der Waals surface area (Å²) < 4.78 is 22.0. The van der Waals surface area contributed by atoms with Gasteiger partial charge in [-0.15, -0.1) is 5.10 Å². The third kappa shape index (κ3) is 5.06. The molecule has 0 aliphatic carbocycles. The summed E-state index contributed by atoms with van der Waals surface area (Å²) >= 11 is 0. The Morgan fingerprint density at radius 2 is 1.82 bits per heavy atom. The van der Waals surface area contributed by atoms with E-state index in [0.29, 0.717) is 35.1 Å². The zero-order valence-electron chi connectivity index (χ0n) is 19.7. The van der Waals surface area contributed by atoms with Crippen molar-refractivity contribution in [2.24, 2.45) is 5.10 Å². The van der Waals surface area contributed by atoms with E-state index in [1.54, 1.807) is 12.1 Å². The van der Waals surface area contributed by atoms with Crippen LogP contribution in [0, 0.1) is 0 Å². The standard InChI is InChI=1S/C20H27N9O5/c1-6-28(7-2)11-13-17(23-27-29(13)19-18(21)25-34-26-19)20(30)24-22-10-12-8-15(32-4)16(33-5)9-14(12)31-3/h8-10H,6-7,11H2,1-5H3,(H2,21,25)(H,24,30)/p+1/b22-10-. The quantitative estimate of drug-likeness (QED) is 0.242. The second kappa shape index (κ2) is 11.1. The van der Waals surface area contributed by atoms with Crippen molar-refractivity contribution in [3.63, 3.8) is 0 Å². The molecule has 0 saturated carbocycles. The summed E-state index contributed by atoms with van der Waals surface area (Å²) in [6.07, 6.45) is 1.43. The van der Waals surface area contributed by atoms with Crippen LogP contribution < -0.4 is 30.3 Å². The second-order valence-corrected chi connectivity index (χ2v) is 7.05. The van der Waals surface area contributed by atoms with Gasteiger partial charge in [0.2, 0.25) is 11.6 Å². The van der Waals surface area contributed by atoms with Crippen molar-refractivity contribution in [1.82, 2.24) is 30.7 Å². The molecule has 0 atom stereocenters. The zero-order valence-corrected chi connectivity index (χ0v) is 19.7. The van der Waals surface area contributed by atoms with E-state index >= 15 is 0 Å². The topological polar surface area (TPSA) is 169 Å². The van der Waals surface area contributed by atoms with Crippen molar-refractivity contribution in [2.45, 2.75) is 20.4 Å². The van der Waals surface area contributed by atoms with Gasteiger partial charge in [-0.2, -0.15) is 9.78 Å². The van der Waals surface area contributed by atoms with Gasteiger partial charge >= 0.3 is 0 Å². The van der Waals surface area contributed by atoms with Crippen LogP contribution in [0.2, 0.25) is 0 Å². The van der Waals surface area contributed by atoms with E-state index in [1.165, 1.54) is 37.1 Å². The molecule has 3 rings (SSSR count). The van der Waals surface area contributed by atoms with Gasteiger partial charge in [0.05, 0.1) is 40.6 Å². The summed E-state index contributed by atoms with van der Waals surface area (Å²) in [6.45, 7) is 6.18. The SMILES string of the molecule is CC[NH+](CC)Cc1c(C(=O)N/N=C\c2cc(OC)c(OC)cc2OC)nnn1-c1nonc1N. The number of ether oxygens (including phenoxy) is 3. The number of amides is 1. The van der Waals surface area contributed by atoms with Gasteiger partial charge in [0.15, 0.2) is 17.2 Å². The van der Waals surface area contributed by atoms with Crippen LogP contribution >= 0.6 is 0 Å². The van der Waals surface area contributed by atoms with Crippen LogP contribution in [0.25, 0.3) is 5.82 Å². The molecule has 2 heterocycles. The van der Waals surface area contributed by atoms with Crippen LogP contribution in [-0.4, -0.2) is 71.8 Å². The fourth-order valence-electron chi connectivity index (χ4n) is 3.25. The maximum Gasteiger partial charge on any atom is 0.294 e. The third-order valence-electron chi connectivity index (χ3n) is 5.20. The summed E-state index contributed by atoms with van der Waals surface area (Å²) in [7, 11) is 4.56. The average molecular weight is 475 g/mol. The summed E-state index contributed by atoms with van der Waals surface area (Å²) in [5.41, 5.74) is 9.44. The largest absolute Gasteiger partial charge is 0.496 e. The first-order chi connectivity index (χ1) is 16.5. The molecule has 0 aliphatic rings. The summed E-state index contributed by atoms with van der Waals surface area (Å²) in [6, 6.07) is 3.34. The number of carbonyl (C=O) groups is 1. The van der Waals surface area contributed by atoms with Crippen LogP contribution in [0.15, 0.2) is 21.9 Å². The number of anilines is 1. The first-order valence-corrected chi connectivity index (χ1v) is 10.5. The highest BCUT2D eigenvalue weighted by atomic mass is 16.6. The minimum Gasteiger partial charge on any atom is -0.496 e. The van der Waals surface area contributed by atoms with Crippen LogP contribution in [0.4, 0.5) is 5.82 Å². The number of hydrogen-bond donors (Lipinski definition) is 3. The lowest BCUT2D eigenvalue weighted by atomic mass is 10.2. The number of hydrogen-bond acceptors (Lipinski definition) is 11. The molecule has 14 nitrogen and oxygen atoms in total. The molecule has 4 N–H and O–H groups in total. The van der Waals surface area contributed by atoms with Crippen LogP contribution in [0.5, 0.6) is 17.2 Å². The van der Waals surface area contributed by atoms with E-state index in [2.05, 4.69) is 35.8 Å². The van der Waals surface area contributed by atoms with Crippen molar-refractivity contribution in [2.75, 3.05) is 40.2 Å². The van der Waals surface area contributed by atoms with Crippen molar-refractivity contribution < 1.29 is 28.5 Å². The van der Waals surface area contributed by atoms with Gasteiger partial charge in [-0.3, -0.25) is 4.79 Å². The van der Waals surface area contributed by atoms with Crippen molar-refractivity contribution in [1.29, 1.82) is 0 Å². The number of quaternary nitrogens is 1. The predicted molar refractivity (Wildman–Crippen MR) is 121 cm³/mol. The van der Waals surface area contributed by atoms with Gasteiger partial charge in [-0.25, -0.2) is 10.1 Å². The van der Waals surface area contributed by atoms with Gasteiger partial charge in [0, 0.05) is 11.6 Å². The van der Waals surface area contributed by atoms with Crippen molar-refractivity contribution >= 4 is 17.9 Å². The van der Waals surface area contributed by atoms with Crippen LogP contribution in [0.1, 0.15) is 35.6 Å². The number of nitrogens with two attached hydrogens (primary N) is 1. The Labute approximate surface area is 195 Å². The molecule has 0 saturated heterocycles. The molecule has 0 aliphatic heterocycles. The number of carbonyl (C=O) groups excluding carboxylic acids is 1. The number of nitrogen functional groups attached to an aromatic ring is 1. The molecule has 0 radical (unpaired) electrons. The molecule has 182 valence electrons. The van der Waals surface area contributed by atoms with E-state index in [4.69, 9.17) is 19.9 Å². The Bertz CT molecular complexity index is 1150. The highest BCUT2D eigenvalue weighted by molar-refractivity contribution is 5.94. The minimum absolute atomic E-state index is 0.0335. The lowest BCUT2D eigenvalue weighted by Gasteiger charge is -2.15. The average Bonchev–Trinajstić information content (AvgIpc) is 3.47. The number of hydrazone groups is 1.